The van der Waals surface area contributed by atoms with Gasteiger partial charge in [0.2, 0.25) is 0 Å². The van der Waals surface area contributed by atoms with Gasteiger partial charge < -0.3 is 4.85 Å². The molecule has 1 aromatic rings. The van der Waals surface area contributed by atoms with E-state index in [2.05, 4.69) is 14.9 Å². The summed E-state index contributed by atoms with van der Waals surface area (Å²) >= 11 is 0. The molecule has 0 bridgehead atoms. The van der Waals surface area contributed by atoms with Crippen molar-refractivity contribution in [3.63, 3.8) is 0 Å². The standard InChI is InChI=1S/C7H10N4/c1-7(2,3)11-5-9-6(8-4)10-11/h5H,1-3H3. The summed E-state index contributed by atoms with van der Waals surface area (Å²) in [6.07, 6.45) is 1.58. The number of rotatable bonds is 0. The van der Waals surface area contributed by atoms with Crippen molar-refractivity contribution in [2.45, 2.75) is 26.3 Å². The van der Waals surface area contributed by atoms with Crippen LogP contribution in [-0.2, 0) is 5.54 Å². The third kappa shape index (κ3) is 1.55. The van der Waals surface area contributed by atoms with E-state index in [0.717, 1.165) is 0 Å². The van der Waals surface area contributed by atoms with Gasteiger partial charge in [-0.15, -0.1) is 11.6 Å². The van der Waals surface area contributed by atoms with Gasteiger partial charge >= 0.3 is 5.95 Å². The highest BCUT2D eigenvalue weighted by molar-refractivity contribution is 5.21. The Bertz CT molecular complexity index is 286. The average molecular weight is 150 g/mol. The van der Waals surface area contributed by atoms with Crippen LogP contribution in [0.1, 0.15) is 20.8 Å². The van der Waals surface area contributed by atoms with E-state index in [-0.39, 0.29) is 11.5 Å². The van der Waals surface area contributed by atoms with Crippen LogP contribution in [-0.4, -0.2) is 14.8 Å². The summed E-state index contributed by atoms with van der Waals surface area (Å²) < 4.78 is 1.68. The molecule has 4 nitrogen and oxygen atoms in total. The van der Waals surface area contributed by atoms with Crippen molar-refractivity contribution in [2.24, 2.45) is 0 Å². The minimum absolute atomic E-state index is 0.0874. The first-order valence-corrected chi connectivity index (χ1v) is 3.33. The molecule has 0 unspecified atom stereocenters. The van der Waals surface area contributed by atoms with E-state index in [4.69, 9.17) is 6.57 Å². The number of hydrogen-bond donors (Lipinski definition) is 0. The molecular weight excluding hydrogens is 140 g/mol. The molecule has 0 aliphatic carbocycles. The first kappa shape index (κ1) is 7.73. The maximum Gasteiger partial charge on any atom is 0.393 e. The molecule has 0 aliphatic heterocycles. The van der Waals surface area contributed by atoms with Crippen molar-refractivity contribution < 1.29 is 0 Å². The molecule has 4 heteroatoms. The van der Waals surface area contributed by atoms with Crippen LogP contribution in [0.2, 0.25) is 0 Å². The number of nitrogens with zero attached hydrogens (tertiary/aromatic N) is 4. The first-order valence-electron chi connectivity index (χ1n) is 3.33. The minimum atomic E-state index is -0.0874. The summed E-state index contributed by atoms with van der Waals surface area (Å²) in [5, 5.41) is 3.95. The molecule has 0 saturated heterocycles. The molecule has 11 heavy (non-hydrogen) atoms. The van der Waals surface area contributed by atoms with E-state index >= 15 is 0 Å². The zero-order valence-corrected chi connectivity index (χ0v) is 6.87. The summed E-state index contributed by atoms with van der Waals surface area (Å²) in [7, 11) is 0. The fourth-order valence-corrected chi connectivity index (χ4v) is 0.629. The van der Waals surface area contributed by atoms with E-state index in [1.807, 2.05) is 20.8 Å². The van der Waals surface area contributed by atoms with Crippen LogP contribution in [0.25, 0.3) is 4.85 Å². The highest BCUT2D eigenvalue weighted by Gasteiger charge is 2.17. The Balaban J connectivity index is 3.01. The second kappa shape index (κ2) is 2.35. The molecule has 0 fully saturated rings. The van der Waals surface area contributed by atoms with Crippen LogP contribution >= 0.6 is 0 Å². The van der Waals surface area contributed by atoms with Gasteiger partial charge in [0.15, 0.2) is 6.33 Å². The molecule has 0 radical (unpaired) electrons. The predicted octanol–water partition coefficient (Wildman–Crippen LogP) is 1.58. The number of aromatic nitrogens is 3. The van der Waals surface area contributed by atoms with Crippen LogP contribution < -0.4 is 0 Å². The lowest BCUT2D eigenvalue weighted by atomic mass is 10.1. The van der Waals surface area contributed by atoms with Crippen LogP contribution in [0.4, 0.5) is 5.95 Å². The molecule has 0 aliphatic rings. The van der Waals surface area contributed by atoms with Crippen molar-refractivity contribution in [3.05, 3.63) is 17.7 Å². The van der Waals surface area contributed by atoms with Crippen LogP contribution in [0.3, 0.4) is 0 Å². The van der Waals surface area contributed by atoms with Crippen molar-refractivity contribution >= 4 is 5.95 Å². The highest BCUT2D eigenvalue weighted by atomic mass is 15.4. The van der Waals surface area contributed by atoms with E-state index in [1.165, 1.54) is 0 Å². The fraction of sp³-hybridized carbons (Fsp3) is 0.571. The summed E-state index contributed by atoms with van der Waals surface area (Å²) in [4.78, 5) is 6.91. The zero-order chi connectivity index (χ0) is 8.48. The summed E-state index contributed by atoms with van der Waals surface area (Å²) in [6, 6.07) is 0. The van der Waals surface area contributed by atoms with E-state index < -0.39 is 0 Å². The Hall–Kier alpha value is -1.37. The van der Waals surface area contributed by atoms with Crippen molar-refractivity contribution in [3.8, 4) is 0 Å². The monoisotopic (exact) mass is 150 g/mol. The lowest BCUT2D eigenvalue weighted by molar-refractivity contribution is 0.355. The molecule has 0 saturated carbocycles. The quantitative estimate of drug-likeness (QED) is 0.526. The highest BCUT2D eigenvalue weighted by Crippen LogP contribution is 2.13. The van der Waals surface area contributed by atoms with Crippen LogP contribution in [0, 0.1) is 6.57 Å². The van der Waals surface area contributed by atoms with Gasteiger partial charge in [-0.2, -0.15) is 4.68 Å². The normalized spacial score (nSPS) is 11.1. The van der Waals surface area contributed by atoms with E-state index in [9.17, 15) is 0 Å². The zero-order valence-electron chi connectivity index (χ0n) is 6.87. The van der Waals surface area contributed by atoms with Crippen molar-refractivity contribution in [1.29, 1.82) is 0 Å². The maximum absolute atomic E-state index is 6.65. The summed E-state index contributed by atoms with van der Waals surface area (Å²) in [6.45, 7) is 12.7. The average Bonchev–Trinajstić information content (AvgIpc) is 2.32. The summed E-state index contributed by atoms with van der Waals surface area (Å²) in [5.74, 6) is 0.208. The van der Waals surface area contributed by atoms with Gasteiger partial charge in [-0.05, 0) is 20.8 Å². The lowest BCUT2D eigenvalue weighted by Gasteiger charge is -2.14. The molecule has 1 aromatic heterocycles. The molecular formula is C7H10N4. The Kier molecular flexibility index (Phi) is 1.65. The van der Waals surface area contributed by atoms with Crippen molar-refractivity contribution in [1.82, 2.24) is 14.8 Å². The van der Waals surface area contributed by atoms with E-state index in [1.54, 1.807) is 11.0 Å². The Morgan fingerprint density at radius 3 is 2.45 bits per heavy atom. The van der Waals surface area contributed by atoms with Gasteiger partial charge in [0.05, 0.1) is 5.54 Å². The summed E-state index contributed by atoms with van der Waals surface area (Å²) in [5.41, 5.74) is -0.0874. The first-order chi connectivity index (χ1) is 5.04. The van der Waals surface area contributed by atoms with Gasteiger partial charge in [-0.3, -0.25) is 0 Å². The van der Waals surface area contributed by atoms with Gasteiger partial charge in [0, 0.05) is 0 Å². The minimum Gasteiger partial charge on any atom is -0.393 e. The molecule has 0 aromatic carbocycles. The van der Waals surface area contributed by atoms with Gasteiger partial charge in [-0.25, -0.2) is 0 Å². The van der Waals surface area contributed by atoms with Gasteiger partial charge in [-0.1, -0.05) is 5.10 Å². The second-order valence-electron chi connectivity index (χ2n) is 3.27. The molecule has 0 N–H and O–H groups in total. The Morgan fingerprint density at radius 2 is 2.18 bits per heavy atom. The van der Waals surface area contributed by atoms with Crippen LogP contribution in [0.5, 0.6) is 0 Å². The SMILES string of the molecule is [C-]#[N+]c1ncn(C(C)(C)C)n1. The van der Waals surface area contributed by atoms with Crippen molar-refractivity contribution in [2.75, 3.05) is 0 Å². The third-order valence-electron chi connectivity index (χ3n) is 1.27. The van der Waals surface area contributed by atoms with Gasteiger partial charge in [0.1, 0.15) is 0 Å². The largest absolute Gasteiger partial charge is 0.393 e. The molecule has 1 heterocycles. The fourth-order valence-electron chi connectivity index (χ4n) is 0.629. The molecule has 0 spiro atoms. The Morgan fingerprint density at radius 1 is 1.55 bits per heavy atom. The Labute approximate surface area is 65.7 Å². The molecule has 1 rings (SSSR count). The number of hydrogen-bond acceptors (Lipinski definition) is 2. The smallest absolute Gasteiger partial charge is 0.393 e. The van der Waals surface area contributed by atoms with Gasteiger partial charge in [0.25, 0.3) is 0 Å². The van der Waals surface area contributed by atoms with E-state index in [0.29, 0.717) is 0 Å². The maximum atomic E-state index is 6.65. The predicted molar refractivity (Wildman–Crippen MR) is 41.3 cm³/mol. The van der Waals surface area contributed by atoms with Crippen LogP contribution in [0.15, 0.2) is 6.33 Å². The topological polar surface area (TPSA) is 35.1 Å². The molecule has 0 amide bonds. The lowest BCUT2D eigenvalue weighted by Crippen LogP contribution is -2.21. The third-order valence-corrected chi connectivity index (χ3v) is 1.27. The molecule has 0 atom stereocenters. The molecule has 58 valence electrons. The second-order valence-corrected chi connectivity index (χ2v) is 3.27.